The Morgan fingerprint density at radius 3 is 2.37 bits per heavy atom. The van der Waals surface area contributed by atoms with Gasteiger partial charge in [0.25, 0.3) is 5.91 Å². The van der Waals surface area contributed by atoms with Gasteiger partial charge in [0.2, 0.25) is 0 Å². The lowest BCUT2D eigenvalue weighted by Gasteiger charge is -2.40. The molecule has 1 unspecified atom stereocenters. The number of nitrogens with zero attached hydrogens (tertiary/aromatic N) is 2. The number of likely N-dealkylation sites (tertiary alicyclic amines) is 1. The van der Waals surface area contributed by atoms with Gasteiger partial charge in [0.1, 0.15) is 17.3 Å². The highest BCUT2D eigenvalue weighted by molar-refractivity contribution is 7.12. The van der Waals surface area contributed by atoms with E-state index in [1.54, 1.807) is 20.3 Å². The van der Waals surface area contributed by atoms with E-state index in [0.29, 0.717) is 17.9 Å². The van der Waals surface area contributed by atoms with Gasteiger partial charge in [-0.15, -0.1) is 11.3 Å². The molecule has 0 radical (unpaired) electrons. The summed E-state index contributed by atoms with van der Waals surface area (Å²) in [7, 11) is 5.18. The first-order valence-electron chi connectivity index (χ1n) is 12.0. The largest absolute Gasteiger partial charge is 0.497 e. The minimum absolute atomic E-state index is 0.00671. The Balaban J connectivity index is 1.47. The van der Waals surface area contributed by atoms with Crippen LogP contribution in [0, 0.1) is 11.7 Å². The predicted molar refractivity (Wildman–Crippen MR) is 138 cm³/mol. The molecule has 4 rings (SSSR count). The van der Waals surface area contributed by atoms with E-state index in [2.05, 4.69) is 4.90 Å². The lowest BCUT2D eigenvalue weighted by atomic mass is 9.84. The topological polar surface area (TPSA) is 42.0 Å². The third-order valence-electron chi connectivity index (χ3n) is 6.93. The number of likely N-dealkylation sites (N-methyl/N-ethyl adjacent to an activating group) is 1. The van der Waals surface area contributed by atoms with Gasteiger partial charge in [0, 0.05) is 25.7 Å². The summed E-state index contributed by atoms with van der Waals surface area (Å²) in [4.78, 5) is 18.2. The molecule has 0 N–H and O–H groups in total. The summed E-state index contributed by atoms with van der Waals surface area (Å²) in [5.74, 6) is 1.66. The SMILES string of the molecule is COc1cc(CN2CCC(C(Cc3ccccc3F)N(C)C(=O)c3cccs3)CC2)cc(OC)c1. The maximum atomic E-state index is 14.6. The zero-order valence-corrected chi connectivity index (χ0v) is 21.4. The number of piperidine rings is 1. The van der Waals surface area contributed by atoms with Crippen molar-refractivity contribution in [2.45, 2.75) is 31.8 Å². The molecule has 0 bridgehead atoms. The van der Waals surface area contributed by atoms with Gasteiger partial charge in [-0.3, -0.25) is 9.69 Å². The van der Waals surface area contributed by atoms with Crippen molar-refractivity contribution in [1.29, 1.82) is 0 Å². The average Bonchev–Trinajstić information content (AvgIpc) is 3.43. The molecule has 0 aliphatic carbocycles. The standard InChI is InChI=1S/C28H33FN2O3S/c1-30(28(32)27-9-6-14-35-27)26(17-22-7-4-5-8-25(22)29)21-10-12-31(13-11-21)19-20-15-23(33-2)18-24(16-20)34-3/h4-9,14-16,18,21,26H,10-13,17,19H2,1-3H3. The Kier molecular flexibility index (Phi) is 8.42. The van der Waals surface area contributed by atoms with Crippen LogP contribution in [0.5, 0.6) is 11.5 Å². The maximum Gasteiger partial charge on any atom is 0.263 e. The number of methoxy groups -OCH3 is 2. The quantitative estimate of drug-likeness (QED) is 0.392. The van der Waals surface area contributed by atoms with Crippen LogP contribution in [0.3, 0.4) is 0 Å². The van der Waals surface area contributed by atoms with Crippen LogP contribution >= 0.6 is 11.3 Å². The van der Waals surface area contributed by atoms with Crippen molar-refractivity contribution < 1.29 is 18.7 Å². The van der Waals surface area contributed by atoms with Crippen LogP contribution in [0.15, 0.2) is 60.0 Å². The number of amides is 1. The smallest absolute Gasteiger partial charge is 0.263 e. The van der Waals surface area contributed by atoms with Gasteiger partial charge >= 0.3 is 0 Å². The van der Waals surface area contributed by atoms with Crippen molar-refractivity contribution >= 4 is 17.2 Å². The maximum absolute atomic E-state index is 14.6. The summed E-state index contributed by atoms with van der Waals surface area (Å²) in [6, 6.07) is 16.5. The molecule has 5 nitrogen and oxygen atoms in total. The molecular weight excluding hydrogens is 463 g/mol. The van der Waals surface area contributed by atoms with Crippen molar-refractivity contribution in [3.05, 3.63) is 81.8 Å². The van der Waals surface area contributed by atoms with E-state index in [4.69, 9.17) is 9.47 Å². The number of hydrogen-bond acceptors (Lipinski definition) is 5. The first-order chi connectivity index (χ1) is 17.0. The van der Waals surface area contributed by atoms with E-state index in [1.807, 2.05) is 59.8 Å². The summed E-state index contributed by atoms with van der Waals surface area (Å²) >= 11 is 1.45. The molecule has 2 heterocycles. The van der Waals surface area contributed by atoms with Crippen molar-refractivity contribution in [3.8, 4) is 11.5 Å². The lowest BCUT2D eigenvalue weighted by Crippen LogP contribution is -2.47. The number of rotatable bonds is 9. The minimum Gasteiger partial charge on any atom is -0.497 e. The molecule has 1 aromatic heterocycles. The molecule has 1 atom stereocenters. The van der Waals surface area contributed by atoms with Crippen LogP contribution < -0.4 is 9.47 Å². The third kappa shape index (κ3) is 6.21. The third-order valence-corrected chi connectivity index (χ3v) is 7.79. The molecular formula is C28H33FN2O3S. The van der Waals surface area contributed by atoms with Gasteiger partial charge in [-0.2, -0.15) is 0 Å². The monoisotopic (exact) mass is 496 g/mol. The Morgan fingerprint density at radius 1 is 1.09 bits per heavy atom. The molecule has 1 amide bonds. The van der Waals surface area contributed by atoms with Crippen LogP contribution in [-0.4, -0.2) is 56.1 Å². The first-order valence-corrected chi connectivity index (χ1v) is 12.8. The van der Waals surface area contributed by atoms with E-state index in [1.165, 1.54) is 17.4 Å². The normalized spacial score (nSPS) is 15.5. The average molecular weight is 497 g/mol. The van der Waals surface area contributed by atoms with Gasteiger partial charge < -0.3 is 14.4 Å². The van der Waals surface area contributed by atoms with Crippen LogP contribution in [0.4, 0.5) is 4.39 Å². The van der Waals surface area contributed by atoms with Gasteiger partial charge in [0.05, 0.1) is 19.1 Å². The summed E-state index contributed by atoms with van der Waals surface area (Å²) < 4.78 is 25.4. The zero-order valence-electron chi connectivity index (χ0n) is 20.6. The highest BCUT2D eigenvalue weighted by Crippen LogP contribution is 2.30. The molecule has 3 aromatic rings. The Hall–Kier alpha value is -2.90. The highest BCUT2D eigenvalue weighted by Gasteiger charge is 2.32. The molecule has 1 aliphatic heterocycles. The van der Waals surface area contributed by atoms with Crippen molar-refractivity contribution in [3.63, 3.8) is 0 Å². The highest BCUT2D eigenvalue weighted by atomic mass is 32.1. The summed E-state index contributed by atoms with van der Waals surface area (Å²) in [6.45, 7) is 2.64. The molecule has 35 heavy (non-hydrogen) atoms. The molecule has 0 spiro atoms. The number of carbonyl (C=O) groups excluding carboxylic acids is 1. The molecule has 7 heteroatoms. The molecule has 1 aliphatic rings. The summed E-state index contributed by atoms with van der Waals surface area (Å²) in [5, 5.41) is 1.92. The lowest BCUT2D eigenvalue weighted by molar-refractivity contribution is 0.0588. The Bertz CT molecular complexity index is 1090. The summed E-state index contributed by atoms with van der Waals surface area (Å²) in [6.07, 6.45) is 2.41. The van der Waals surface area contributed by atoms with Crippen LogP contribution in [-0.2, 0) is 13.0 Å². The van der Waals surface area contributed by atoms with E-state index < -0.39 is 0 Å². The van der Waals surface area contributed by atoms with Crippen LogP contribution in [0.1, 0.15) is 33.6 Å². The first kappa shape index (κ1) is 25.2. The Morgan fingerprint density at radius 2 is 1.77 bits per heavy atom. The summed E-state index contributed by atoms with van der Waals surface area (Å²) in [5.41, 5.74) is 1.81. The van der Waals surface area contributed by atoms with Crippen LogP contribution in [0.2, 0.25) is 0 Å². The second-order valence-corrected chi connectivity index (χ2v) is 10.0. The second kappa shape index (κ2) is 11.7. The molecule has 2 aromatic carbocycles. The molecule has 186 valence electrons. The fourth-order valence-electron chi connectivity index (χ4n) is 4.95. The number of halogens is 1. The van der Waals surface area contributed by atoms with Crippen molar-refractivity contribution in [2.24, 2.45) is 5.92 Å². The van der Waals surface area contributed by atoms with E-state index in [0.717, 1.165) is 54.4 Å². The number of hydrogen-bond donors (Lipinski definition) is 0. The number of carbonyl (C=O) groups is 1. The number of benzene rings is 2. The number of ether oxygens (including phenoxy) is 2. The second-order valence-electron chi connectivity index (χ2n) is 9.09. The molecule has 1 fully saturated rings. The van der Waals surface area contributed by atoms with Gasteiger partial charge in [-0.05, 0) is 79.0 Å². The van der Waals surface area contributed by atoms with Gasteiger partial charge in [0.15, 0.2) is 0 Å². The molecule has 1 saturated heterocycles. The van der Waals surface area contributed by atoms with Crippen molar-refractivity contribution in [1.82, 2.24) is 9.80 Å². The zero-order chi connectivity index (χ0) is 24.8. The van der Waals surface area contributed by atoms with E-state index >= 15 is 0 Å². The van der Waals surface area contributed by atoms with E-state index in [9.17, 15) is 9.18 Å². The number of thiophene rings is 1. The fourth-order valence-corrected chi connectivity index (χ4v) is 5.65. The van der Waals surface area contributed by atoms with Gasteiger partial charge in [-0.25, -0.2) is 4.39 Å². The van der Waals surface area contributed by atoms with Crippen LogP contribution in [0.25, 0.3) is 0 Å². The fraction of sp³-hybridized carbons (Fsp3) is 0.393. The minimum atomic E-state index is -0.209. The van der Waals surface area contributed by atoms with Crippen molar-refractivity contribution in [2.75, 3.05) is 34.4 Å². The van der Waals surface area contributed by atoms with E-state index in [-0.39, 0.29) is 17.8 Å². The Labute approximate surface area is 211 Å². The predicted octanol–water partition coefficient (Wildman–Crippen LogP) is 5.50. The molecule has 0 saturated carbocycles. The van der Waals surface area contributed by atoms with Gasteiger partial charge in [-0.1, -0.05) is 24.3 Å².